The Hall–Kier alpha value is -1.95. The molecule has 1 aromatic carbocycles. The van der Waals surface area contributed by atoms with E-state index < -0.39 is 9.84 Å². The second kappa shape index (κ2) is 5.81. The maximum Gasteiger partial charge on any atom is 0.223 e. The van der Waals surface area contributed by atoms with Crippen molar-refractivity contribution in [2.24, 2.45) is 0 Å². The summed E-state index contributed by atoms with van der Waals surface area (Å²) in [5.74, 6) is 0.576. The van der Waals surface area contributed by atoms with E-state index in [9.17, 15) is 8.42 Å². The average molecular weight is 305 g/mol. The van der Waals surface area contributed by atoms with Crippen LogP contribution in [0.1, 0.15) is 29.9 Å². The second-order valence-corrected chi connectivity index (χ2v) is 7.20. The Morgan fingerprint density at radius 1 is 1.05 bits per heavy atom. The van der Waals surface area contributed by atoms with Gasteiger partial charge >= 0.3 is 0 Å². The number of sulfone groups is 1. The van der Waals surface area contributed by atoms with E-state index in [1.165, 1.54) is 6.26 Å². The molecule has 0 aliphatic heterocycles. The van der Waals surface area contributed by atoms with E-state index in [2.05, 4.69) is 15.3 Å². The lowest BCUT2D eigenvalue weighted by Gasteiger charge is -2.15. The maximum absolute atomic E-state index is 11.4. The zero-order valence-corrected chi connectivity index (χ0v) is 13.4. The molecule has 0 bridgehead atoms. The van der Waals surface area contributed by atoms with Crippen LogP contribution in [0.2, 0.25) is 0 Å². The van der Waals surface area contributed by atoms with Gasteiger partial charge in [-0.15, -0.1) is 0 Å². The summed E-state index contributed by atoms with van der Waals surface area (Å²) in [6.07, 6.45) is 1.20. The first-order chi connectivity index (χ1) is 9.75. The van der Waals surface area contributed by atoms with E-state index in [0.717, 1.165) is 17.0 Å². The van der Waals surface area contributed by atoms with E-state index >= 15 is 0 Å². The van der Waals surface area contributed by atoms with Gasteiger partial charge in [0.25, 0.3) is 0 Å². The van der Waals surface area contributed by atoms with E-state index in [-0.39, 0.29) is 6.04 Å². The third-order valence-corrected chi connectivity index (χ3v) is 4.26. The van der Waals surface area contributed by atoms with E-state index in [4.69, 9.17) is 0 Å². The molecule has 5 nitrogen and oxygen atoms in total. The molecular weight excluding hydrogens is 286 g/mol. The van der Waals surface area contributed by atoms with Crippen LogP contribution in [-0.4, -0.2) is 24.6 Å². The fourth-order valence-corrected chi connectivity index (χ4v) is 2.70. The van der Waals surface area contributed by atoms with Crippen LogP contribution >= 0.6 is 0 Å². The molecule has 0 amide bonds. The molecular formula is C15H19N3O2S. The quantitative estimate of drug-likeness (QED) is 0.940. The van der Waals surface area contributed by atoms with E-state index in [1.54, 1.807) is 24.3 Å². The molecule has 0 unspecified atom stereocenters. The molecule has 2 rings (SSSR count). The van der Waals surface area contributed by atoms with E-state index in [0.29, 0.717) is 10.8 Å². The van der Waals surface area contributed by atoms with Gasteiger partial charge in [-0.2, -0.15) is 0 Å². The van der Waals surface area contributed by atoms with Gasteiger partial charge in [-0.3, -0.25) is 0 Å². The van der Waals surface area contributed by atoms with Crippen LogP contribution in [0, 0.1) is 13.8 Å². The summed E-state index contributed by atoms with van der Waals surface area (Å²) in [4.78, 5) is 9.00. The highest BCUT2D eigenvalue weighted by Crippen LogP contribution is 2.19. The summed E-state index contributed by atoms with van der Waals surface area (Å²) in [7, 11) is -3.16. The molecule has 1 N–H and O–H groups in total. The molecule has 0 fully saturated rings. The van der Waals surface area contributed by atoms with Crippen molar-refractivity contribution in [3.05, 3.63) is 47.3 Å². The minimum absolute atomic E-state index is 0.0141. The van der Waals surface area contributed by atoms with Crippen molar-refractivity contribution in [1.29, 1.82) is 0 Å². The van der Waals surface area contributed by atoms with Crippen molar-refractivity contribution in [3.8, 4) is 0 Å². The molecule has 21 heavy (non-hydrogen) atoms. The molecule has 0 saturated heterocycles. The van der Waals surface area contributed by atoms with Crippen LogP contribution in [0.5, 0.6) is 0 Å². The number of rotatable bonds is 4. The predicted octanol–water partition coefficient (Wildman–Crippen LogP) is 2.67. The molecule has 1 atom stereocenters. The van der Waals surface area contributed by atoms with Gasteiger partial charge in [0.15, 0.2) is 9.84 Å². The van der Waals surface area contributed by atoms with Gasteiger partial charge in [0.05, 0.1) is 10.9 Å². The highest BCUT2D eigenvalue weighted by atomic mass is 32.2. The predicted molar refractivity (Wildman–Crippen MR) is 83.1 cm³/mol. The highest BCUT2D eigenvalue weighted by Gasteiger charge is 2.10. The third kappa shape index (κ3) is 4.01. The van der Waals surface area contributed by atoms with Gasteiger partial charge in [-0.1, -0.05) is 12.1 Å². The molecule has 6 heteroatoms. The first-order valence-corrected chi connectivity index (χ1v) is 8.53. The van der Waals surface area contributed by atoms with Crippen LogP contribution in [0.25, 0.3) is 0 Å². The van der Waals surface area contributed by atoms with Gasteiger partial charge in [0.1, 0.15) is 0 Å². The molecule has 0 aliphatic rings. The number of hydrogen-bond acceptors (Lipinski definition) is 5. The Morgan fingerprint density at radius 2 is 1.57 bits per heavy atom. The van der Waals surface area contributed by atoms with Crippen LogP contribution < -0.4 is 5.32 Å². The Bertz CT molecular complexity index is 720. The summed E-state index contributed by atoms with van der Waals surface area (Å²) >= 11 is 0. The summed E-state index contributed by atoms with van der Waals surface area (Å²) in [6, 6.07) is 8.74. The van der Waals surface area contributed by atoms with Crippen molar-refractivity contribution in [3.63, 3.8) is 0 Å². The molecule has 2 aromatic rings. The lowest BCUT2D eigenvalue weighted by molar-refractivity contribution is 0.602. The topological polar surface area (TPSA) is 72.0 Å². The largest absolute Gasteiger partial charge is 0.348 e. The van der Waals surface area contributed by atoms with Crippen molar-refractivity contribution in [2.45, 2.75) is 31.7 Å². The number of anilines is 1. The monoisotopic (exact) mass is 305 g/mol. The van der Waals surface area contributed by atoms with Crippen molar-refractivity contribution in [2.75, 3.05) is 11.6 Å². The fourth-order valence-electron chi connectivity index (χ4n) is 2.07. The number of aryl methyl sites for hydroxylation is 2. The summed E-state index contributed by atoms with van der Waals surface area (Å²) in [5, 5.41) is 3.23. The molecule has 0 spiro atoms. The van der Waals surface area contributed by atoms with Gasteiger partial charge in [0.2, 0.25) is 5.95 Å². The minimum Gasteiger partial charge on any atom is -0.348 e. The smallest absolute Gasteiger partial charge is 0.223 e. The van der Waals surface area contributed by atoms with Gasteiger partial charge in [0, 0.05) is 17.6 Å². The Balaban J connectivity index is 2.18. The molecule has 0 saturated carbocycles. The van der Waals surface area contributed by atoms with Crippen molar-refractivity contribution in [1.82, 2.24) is 9.97 Å². The summed E-state index contributed by atoms with van der Waals surface area (Å²) in [6.45, 7) is 5.83. The Labute approximate surface area is 125 Å². The third-order valence-electron chi connectivity index (χ3n) is 3.14. The number of aromatic nitrogens is 2. The normalized spacial score (nSPS) is 13.0. The van der Waals surface area contributed by atoms with Crippen LogP contribution in [0.3, 0.4) is 0 Å². The summed E-state index contributed by atoms with van der Waals surface area (Å²) < 4.78 is 22.9. The minimum atomic E-state index is -3.16. The molecule has 0 aliphatic carbocycles. The number of nitrogens with one attached hydrogen (secondary N) is 1. The maximum atomic E-state index is 11.4. The number of benzene rings is 1. The second-order valence-electron chi connectivity index (χ2n) is 5.18. The molecule has 1 heterocycles. The van der Waals surface area contributed by atoms with Gasteiger partial charge in [-0.25, -0.2) is 18.4 Å². The number of hydrogen-bond donors (Lipinski definition) is 1. The standard InChI is InChI=1S/C15H19N3O2S/c1-10-9-11(2)17-15(16-10)18-12(3)13-5-7-14(8-6-13)21(4,19)20/h5-9,12H,1-4H3,(H,16,17,18)/t12-/m0/s1. The first kappa shape index (κ1) is 15.4. The van der Waals surface area contributed by atoms with Crippen LogP contribution in [0.15, 0.2) is 35.2 Å². The molecule has 112 valence electrons. The lowest BCUT2D eigenvalue weighted by atomic mass is 10.1. The zero-order valence-electron chi connectivity index (χ0n) is 12.6. The zero-order chi connectivity index (χ0) is 15.6. The average Bonchev–Trinajstić information content (AvgIpc) is 2.36. The Kier molecular flexibility index (Phi) is 4.27. The SMILES string of the molecule is Cc1cc(C)nc(N[C@@H](C)c2ccc(S(C)(=O)=O)cc2)n1. The van der Waals surface area contributed by atoms with Crippen molar-refractivity contribution < 1.29 is 8.42 Å². The van der Waals surface area contributed by atoms with Gasteiger partial charge in [-0.05, 0) is 44.5 Å². The highest BCUT2D eigenvalue weighted by molar-refractivity contribution is 7.90. The summed E-state index contributed by atoms with van der Waals surface area (Å²) in [5.41, 5.74) is 2.79. The first-order valence-electron chi connectivity index (χ1n) is 6.64. The number of nitrogens with zero attached hydrogens (tertiary/aromatic N) is 2. The van der Waals surface area contributed by atoms with Crippen LogP contribution in [-0.2, 0) is 9.84 Å². The van der Waals surface area contributed by atoms with E-state index in [1.807, 2.05) is 26.8 Å². The molecule has 1 aromatic heterocycles. The Morgan fingerprint density at radius 3 is 2.05 bits per heavy atom. The lowest BCUT2D eigenvalue weighted by Crippen LogP contribution is -2.10. The van der Waals surface area contributed by atoms with Gasteiger partial charge < -0.3 is 5.32 Å². The van der Waals surface area contributed by atoms with Crippen LogP contribution in [0.4, 0.5) is 5.95 Å². The molecule has 0 radical (unpaired) electrons. The fraction of sp³-hybridized carbons (Fsp3) is 0.333. The van der Waals surface area contributed by atoms with Crippen molar-refractivity contribution >= 4 is 15.8 Å².